The van der Waals surface area contributed by atoms with Gasteiger partial charge in [-0.15, -0.1) is 11.3 Å². The van der Waals surface area contributed by atoms with Crippen LogP contribution in [-0.4, -0.2) is 18.0 Å². The standard InChI is InChI=1S/C10H14ClNS/c11-9-4-7-13-10(9)8-12-5-2-1-3-6-12/h4,7H,1-3,5-6,8H2. The van der Waals surface area contributed by atoms with Crippen LogP contribution in [0.4, 0.5) is 0 Å². The van der Waals surface area contributed by atoms with E-state index in [1.165, 1.54) is 37.2 Å². The summed E-state index contributed by atoms with van der Waals surface area (Å²) in [7, 11) is 0. The number of likely N-dealkylation sites (tertiary alicyclic amines) is 1. The van der Waals surface area contributed by atoms with Crippen molar-refractivity contribution in [3.8, 4) is 0 Å². The Bertz CT molecular complexity index is 266. The molecule has 13 heavy (non-hydrogen) atoms. The minimum absolute atomic E-state index is 0.940. The van der Waals surface area contributed by atoms with Crippen molar-refractivity contribution in [2.24, 2.45) is 0 Å². The van der Waals surface area contributed by atoms with Crippen LogP contribution in [0.2, 0.25) is 5.02 Å². The Labute approximate surface area is 88.3 Å². The lowest BCUT2D eigenvalue weighted by atomic mass is 10.1. The van der Waals surface area contributed by atoms with E-state index in [0.717, 1.165) is 11.6 Å². The number of hydrogen-bond acceptors (Lipinski definition) is 2. The largest absolute Gasteiger partial charge is 0.298 e. The van der Waals surface area contributed by atoms with Gasteiger partial charge >= 0.3 is 0 Å². The lowest BCUT2D eigenvalue weighted by Gasteiger charge is -2.25. The summed E-state index contributed by atoms with van der Waals surface area (Å²) in [5.41, 5.74) is 0. The van der Waals surface area contributed by atoms with E-state index in [9.17, 15) is 0 Å². The third-order valence-electron chi connectivity index (χ3n) is 2.51. The molecule has 0 radical (unpaired) electrons. The van der Waals surface area contributed by atoms with Gasteiger partial charge in [-0.1, -0.05) is 18.0 Å². The second kappa shape index (κ2) is 4.45. The van der Waals surface area contributed by atoms with Gasteiger partial charge < -0.3 is 0 Å². The summed E-state index contributed by atoms with van der Waals surface area (Å²) in [6, 6.07) is 1.99. The van der Waals surface area contributed by atoms with E-state index in [-0.39, 0.29) is 0 Å². The maximum atomic E-state index is 6.04. The van der Waals surface area contributed by atoms with Crippen molar-refractivity contribution in [3.05, 3.63) is 21.3 Å². The molecule has 3 heteroatoms. The van der Waals surface area contributed by atoms with E-state index < -0.39 is 0 Å². The molecule has 0 bridgehead atoms. The molecular formula is C10H14ClNS. The summed E-state index contributed by atoms with van der Waals surface area (Å²) in [5, 5.41) is 3.01. The van der Waals surface area contributed by atoms with Gasteiger partial charge in [0.1, 0.15) is 0 Å². The van der Waals surface area contributed by atoms with E-state index >= 15 is 0 Å². The van der Waals surface area contributed by atoms with Crippen molar-refractivity contribution >= 4 is 22.9 Å². The molecule has 0 aliphatic carbocycles. The maximum Gasteiger partial charge on any atom is 0.0558 e. The Morgan fingerprint density at radius 2 is 2.08 bits per heavy atom. The highest BCUT2D eigenvalue weighted by Gasteiger charge is 2.12. The summed E-state index contributed by atoms with van der Waals surface area (Å²) in [6.07, 6.45) is 4.10. The molecule has 0 spiro atoms. The monoisotopic (exact) mass is 215 g/mol. The van der Waals surface area contributed by atoms with Gasteiger partial charge in [-0.3, -0.25) is 4.90 Å². The molecule has 1 aromatic rings. The van der Waals surface area contributed by atoms with Gasteiger partial charge in [-0.25, -0.2) is 0 Å². The second-order valence-electron chi connectivity index (χ2n) is 3.53. The van der Waals surface area contributed by atoms with Crippen LogP contribution in [-0.2, 0) is 6.54 Å². The molecule has 0 aromatic carbocycles. The van der Waals surface area contributed by atoms with Crippen LogP contribution in [0.25, 0.3) is 0 Å². The predicted octanol–water partition coefficient (Wildman–Crippen LogP) is 3.39. The molecule has 1 aliphatic rings. The SMILES string of the molecule is Clc1ccsc1CN1CCCCC1. The van der Waals surface area contributed by atoms with E-state index in [4.69, 9.17) is 11.6 Å². The molecule has 2 rings (SSSR count). The molecule has 0 unspecified atom stereocenters. The Morgan fingerprint density at radius 3 is 2.69 bits per heavy atom. The summed E-state index contributed by atoms with van der Waals surface area (Å²) in [5.74, 6) is 0. The first-order valence-electron chi connectivity index (χ1n) is 4.80. The smallest absolute Gasteiger partial charge is 0.0558 e. The van der Waals surface area contributed by atoms with Crippen LogP contribution in [0, 0.1) is 0 Å². The molecule has 2 heterocycles. The zero-order valence-corrected chi connectivity index (χ0v) is 9.20. The number of nitrogens with zero attached hydrogens (tertiary/aromatic N) is 1. The van der Waals surface area contributed by atoms with Crippen molar-refractivity contribution in [1.29, 1.82) is 0 Å². The van der Waals surface area contributed by atoms with Crippen molar-refractivity contribution < 1.29 is 0 Å². The van der Waals surface area contributed by atoms with Gasteiger partial charge in [0.15, 0.2) is 0 Å². The number of thiophene rings is 1. The maximum absolute atomic E-state index is 6.04. The minimum Gasteiger partial charge on any atom is -0.298 e. The summed E-state index contributed by atoms with van der Waals surface area (Å²) < 4.78 is 0. The van der Waals surface area contributed by atoms with Crippen LogP contribution in [0.15, 0.2) is 11.4 Å². The van der Waals surface area contributed by atoms with Crippen molar-refractivity contribution in [2.45, 2.75) is 25.8 Å². The Hall–Kier alpha value is -0.0500. The first-order valence-corrected chi connectivity index (χ1v) is 6.06. The highest BCUT2D eigenvalue weighted by molar-refractivity contribution is 7.10. The molecule has 0 saturated carbocycles. The molecule has 1 aromatic heterocycles. The Morgan fingerprint density at radius 1 is 1.31 bits per heavy atom. The topological polar surface area (TPSA) is 3.24 Å². The third kappa shape index (κ3) is 2.46. The van der Waals surface area contributed by atoms with Gasteiger partial charge in [0.05, 0.1) is 5.02 Å². The van der Waals surface area contributed by atoms with Crippen LogP contribution in [0.1, 0.15) is 24.1 Å². The van der Waals surface area contributed by atoms with E-state index in [1.54, 1.807) is 11.3 Å². The number of rotatable bonds is 2. The van der Waals surface area contributed by atoms with Gasteiger partial charge in [-0.2, -0.15) is 0 Å². The summed E-state index contributed by atoms with van der Waals surface area (Å²) in [4.78, 5) is 3.82. The van der Waals surface area contributed by atoms with Crippen molar-refractivity contribution in [1.82, 2.24) is 4.90 Å². The zero-order valence-electron chi connectivity index (χ0n) is 7.63. The summed E-state index contributed by atoms with van der Waals surface area (Å²) in [6.45, 7) is 3.54. The molecule has 0 atom stereocenters. The van der Waals surface area contributed by atoms with Gasteiger partial charge in [-0.05, 0) is 37.4 Å². The Kier molecular flexibility index (Phi) is 3.25. The molecule has 72 valence electrons. The highest BCUT2D eigenvalue weighted by Crippen LogP contribution is 2.24. The number of piperidine rings is 1. The molecule has 0 amide bonds. The quantitative estimate of drug-likeness (QED) is 0.731. The normalized spacial score (nSPS) is 19.2. The average Bonchev–Trinajstić information content (AvgIpc) is 2.54. The zero-order chi connectivity index (χ0) is 9.10. The van der Waals surface area contributed by atoms with Gasteiger partial charge in [0.25, 0.3) is 0 Å². The molecular weight excluding hydrogens is 202 g/mol. The fourth-order valence-electron chi connectivity index (χ4n) is 1.76. The van der Waals surface area contributed by atoms with Crippen molar-refractivity contribution in [2.75, 3.05) is 13.1 Å². The van der Waals surface area contributed by atoms with E-state index in [2.05, 4.69) is 10.3 Å². The molecule has 1 nitrogen and oxygen atoms in total. The number of halogens is 1. The molecule has 1 aliphatic heterocycles. The van der Waals surface area contributed by atoms with Crippen LogP contribution in [0.5, 0.6) is 0 Å². The van der Waals surface area contributed by atoms with Gasteiger partial charge in [0.2, 0.25) is 0 Å². The second-order valence-corrected chi connectivity index (χ2v) is 4.94. The average molecular weight is 216 g/mol. The molecule has 1 saturated heterocycles. The van der Waals surface area contributed by atoms with E-state index in [1.807, 2.05) is 6.07 Å². The first-order chi connectivity index (χ1) is 6.36. The first kappa shape index (κ1) is 9.50. The fourth-order valence-corrected chi connectivity index (χ4v) is 2.90. The third-order valence-corrected chi connectivity index (χ3v) is 3.88. The highest BCUT2D eigenvalue weighted by atomic mass is 35.5. The van der Waals surface area contributed by atoms with Crippen LogP contribution in [0.3, 0.4) is 0 Å². The minimum atomic E-state index is 0.940. The lowest BCUT2D eigenvalue weighted by molar-refractivity contribution is 0.223. The fraction of sp³-hybridized carbons (Fsp3) is 0.600. The molecule has 0 N–H and O–H groups in total. The Balaban J connectivity index is 1.93. The number of hydrogen-bond donors (Lipinski definition) is 0. The molecule has 1 fully saturated rings. The van der Waals surface area contributed by atoms with Crippen molar-refractivity contribution in [3.63, 3.8) is 0 Å². The summed E-state index contributed by atoms with van der Waals surface area (Å²) >= 11 is 7.81. The lowest BCUT2D eigenvalue weighted by Crippen LogP contribution is -2.28. The van der Waals surface area contributed by atoms with Gasteiger partial charge in [0, 0.05) is 11.4 Å². The van der Waals surface area contributed by atoms with Crippen LogP contribution < -0.4 is 0 Å². The van der Waals surface area contributed by atoms with E-state index in [0.29, 0.717) is 0 Å². The predicted molar refractivity (Wildman–Crippen MR) is 58.5 cm³/mol. The van der Waals surface area contributed by atoms with Crippen LogP contribution >= 0.6 is 22.9 Å².